The third-order valence-corrected chi connectivity index (χ3v) is 3.45. The molecule has 0 atom stereocenters. The van der Waals surface area contributed by atoms with Gasteiger partial charge in [0.05, 0.1) is 0 Å². The summed E-state index contributed by atoms with van der Waals surface area (Å²) in [4.78, 5) is 0. The van der Waals surface area contributed by atoms with E-state index in [-0.39, 0.29) is 0 Å². The molecule has 2 heteroatoms. The lowest BCUT2D eigenvalue weighted by Gasteiger charge is -2.08. The molecule has 2 aromatic rings. The Labute approximate surface area is 128 Å². The summed E-state index contributed by atoms with van der Waals surface area (Å²) in [7, 11) is 0. The van der Waals surface area contributed by atoms with Crippen molar-refractivity contribution in [1.82, 2.24) is 5.32 Å². The van der Waals surface area contributed by atoms with Gasteiger partial charge in [-0.05, 0) is 56.0 Å². The minimum atomic E-state index is 0.724. The molecule has 0 aliphatic heterocycles. The predicted octanol–water partition coefficient (Wildman–Crippen LogP) is 3.99. The minimum Gasteiger partial charge on any atom is -0.492 e. The molecular weight excluding hydrogens is 258 g/mol. The van der Waals surface area contributed by atoms with E-state index in [1.54, 1.807) is 0 Å². The van der Waals surface area contributed by atoms with E-state index < -0.39 is 0 Å². The van der Waals surface area contributed by atoms with Crippen molar-refractivity contribution >= 4 is 0 Å². The molecule has 0 fully saturated rings. The van der Waals surface area contributed by atoms with Crippen LogP contribution in [0.15, 0.2) is 54.6 Å². The monoisotopic (exact) mass is 283 g/mol. The van der Waals surface area contributed by atoms with Crippen LogP contribution in [0.3, 0.4) is 0 Å². The van der Waals surface area contributed by atoms with Crippen molar-refractivity contribution in [2.75, 3.05) is 19.7 Å². The summed E-state index contributed by atoms with van der Waals surface area (Å²) >= 11 is 0. The van der Waals surface area contributed by atoms with Crippen LogP contribution >= 0.6 is 0 Å². The minimum absolute atomic E-state index is 0.724. The molecule has 0 unspecified atom stereocenters. The Balaban J connectivity index is 1.47. The second kappa shape index (κ2) is 9.19. The molecule has 0 heterocycles. The fraction of sp³-hybridized carbons (Fsp3) is 0.368. The first-order valence-electron chi connectivity index (χ1n) is 7.79. The van der Waals surface area contributed by atoms with Gasteiger partial charge in [-0.1, -0.05) is 42.5 Å². The second-order valence-electron chi connectivity index (χ2n) is 5.36. The molecule has 2 aromatic carbocycles. The fourth-order valence-corrected chi connectivity index (χ4v) is 2.29. The summed E-state index contributed by atoms with van der Waals surface area (Å²) in [6.45, 7) is 4.77. The molecule has 21 heavy (non-hydrogen) atoms. The van der Waals surface area contributed by atoms with Crippen LogP contribution in [-0.2, 0) is 6.42 Å². The van der Waals surface area contributed by atoms with Gasteiger partial charge in [-0.2, -0.15) is 0 Å². The van der Waals surface area contributed by atoms with Gasteiger partial charge in [0, 0.05) is 6.54 Å². The Kier molecular flexibility index (Phi) is 6.82. The van der Waals surface area contributed by atoms with E-state index >= 15 is 0 Å². The Morgan fingerprint density at radius 3 is 2.57 bits per heavy atom. The number of ether oxygens (including phenoxy) is 1. The molecule has 2 nitrogen and oxygen atoms in total. The smallest absolute Gasteiger partial charge is 0.119 e. The van der Waals surface area contributed by atoms with Crippen LogP contribution in [0, 0.1) is 6.92 Å². The molecule has 0 saturated carbocycles. The van der Waals surface area contributed by atoms with Gasteiger partial charge < -0.3 is 10.1 Å². The maximum absolute atomic E-state index is 5.70. The molecule has 0 aliphatic carbocycles. The molecule has 0 aromatic heterocycles. The normalized spacial score (nSPS) is 10.5. The molecule has 0 aliphatic rings. The first kappa shape index (κ1) is 15.6. The van der Waals surface area contributed by atoms with Crippen LogP contribution in [0.5, 0.6) is 5.75 Å². The Hall–Kier alpha value is -1.80. The molecule has 112 valence electrons. The lowest BCUT2D eigenvalue weighted by molar-refractivity contribution is 0.313. The van der Waals surface area contributed by atoms with Crippen molar-refractivity contribution in [2.45, 2.75) is 26.2 Å². The predicted molar refractivity (Wildman–Crippen MR) is 88.9 cm³/mol. The van der Waals surface area contributed by atoms with E-state index in [9.17, 15) is 0 Å². The third kappa shape index (κ3) is 6.46. The van der Waals surface area contributed by atoms with Gasteiger partial charge in [-0.15, -0.1) is 0 Å². The Morgan fingerprint density at radius 1 is 0.905 bits per heavy atom. The highest BCUT2D eigenvalue weighted by Gasteiger charge is 1.95. The van der Waals surface area contributed by atoms with Crippen molar-refractivity contribution in [3.8, 4) is 5.75 Å². The highest BCUT2D eigenvalue weighted by atomic mass is 16.5. The standard InChI is InChI=1S/C19H25NO/c1-17-8-7-12-19(16-17)21-15-14-20-13-6-5-11-18-9-3-2-4-10-18/h2-4,7-10,12,16,20H,5-6,11,13-15H2,1H3. The number of hydrogen-bond acceptors (Lipinski definition) is 2. The largest absolute Gasteiger partial charge is 0.492 e. The second-order valence-corrected chi connectivity index (χ2v) is 5.36. The van der Waals surface area contributed by atoms with Gasteiger partial charge in [-0.25, -0.2) is 0 Å². The van der Waals surface area contributed by atoms with Gasteiger partial charge in [0.25, 0.3) is 0 Å². The van der Waals surface area contributed by atoms with E-state index in [1.807, 2.05) is 12.1 Å². The summed E-state index contributed by atoms with van der Waals surface area (Å²) in [6, 6.07) is 18.9. The van der Waals surface area contributed by atoms with Gasteiger partial charge in [0.15, 0.2) is 0 Å². The quantitative estimate of drug-likeness (QED) is 0.703. The lowest BCUT2D eigenvalue weighted by atomic mass is 10.1. The molecule has 2 rings (SSSR count). The summed E-state index contributed by atoms with van der Waals surface area (Å²) < 4.78 is 5.70. The van der Waals surface area contributed by atoms with E-state index in [0.29, 0.717) is 0 Å². The molecule has 1 N–H and O–H groups in total. The number of unbranched alkanes of at least 4 members (excludes halogenated alkanes) is 1. The van der Waals surface area contributed by atoms with Crippen molar-refractivity contribution in [2.24, 2.45) is 0 Å². The van der Waals surface area contributed by atoms with Gasteiger partial charge in [-0.3, -0.25) is 0 Å². The van der Waals surface area contributed by atoms with E-state index in [4.69, 9.17) is 4.74 Å². The Bertz CT molecular complexity index is 510. The van der Waals surface area contributed by atoms with Crippen molar-refractivity contribution < 1.29 is 4.74 Å². The number of rotatable bonds is 9. The highest BCUT2D eigenvalue weighted by molar-refractivity contribution is 5.27. The third-order valence-electron chi connectivity index (χ3n) is 3.45. The summed E-state index contributed by atoms with van der Waals surface area (Å²) in [5, 5.41) is 3.43. The summed E-state index contributed by atoms with van der Waals surface area (Å²) in [6.07, 6.45) is 3.61. The molecule has 0 radical (unpaired) electrons. The average molecular weight is 283 g/mol. The number of nitrogens with one attached hydrogen (secondary N) is 1. The van der Waals surface area contributed by atoms with Crippen LogP contribution < -0.4 is 10.1 Å². The number of aryl methyl sites for hydroxylation is 2. The average Bonchev–Trinajstić information content (AvgIpc) is 2.51. The van der Waals surface area contributed by atoms with Crippen LogP contribution in [0.2, 0.25) is 0 Å². The maximum atomic E-state index is 5.70. The van der Waals surface area contributed by atoms with E-state index in [1.165, 1.54) is 30.4 Å². The summed E-state index contributed by atoms with van der Waals surface area (Å²) in [5.74, 6) is 0.959. The van der Waals surface area contributed by atoms with Crippen LogP contribution in [0.4, 0.5) is 0 Å². The van der Waals surface area contributed by atoms with Gasteiger partial charge in [0.1, 0.15) is 12.4 Å². The zero-order valence-corrected chi connectivity index (χ0v) is 12.8. The van der Waals surface area contributed by atoms with Crippen LogP contribution in [0.1, 0.15) is 24.0 Å². The van der Waals surface area contributed by atoms with Crippen molar-refractivity contribution in [3.05, 3.63) is 65.7 Å². The number of benzene rings is 2. The first-order valence-corrected chi connectivity index (χ1v) is 7.79. The highest BCUT2D eigenvalue weighted by Crippen LogP contribution is 2.11. The zero-order chi connectivity index (χ0) is 14.8. The maximum Gasteiger partial charge on any atom is 0.119 e. The van der Waals surface area contributed by atoms with Crippen molar-refractivity contribution in [1.29, 1.82) is 0 Å². The SMILES string of the molecule is Cc1cccc(OCCNCCCCc2ccccc2)c1. The zero-order valence-electron chi connectivity index (χ0n) is 12.8. The Morgan fingerprint density at radius 2 is 1.76 bits per heavy atom. The van der Waals surface area contributed by atoms with Gasteiger partial charge >= 0.3 is 0 Å². The van der Waals surface area contributed by atoms with E-state index in [2.05, 4.69) is 54.7 Å². The van der Waals surface area contributed by atoms with E-state index in [0.717, 1.165) is 25.4 Å². The molecule has 0 saturated heterocycles. The molecule has 0 amide bonds. The number of hydrogen-bond donors (Lipinski definition) is 1. The lowest BCUT2D eigenvalue weighted by Crippen LogP contribution is -2.22. The first-order chi connectivity index (χ1) is 10.3. The fourth-order valence-electron chi connectivity index (χ4n) is 2.29. The molecule has 0 spiro atoms. The van der Waals surface area contributed by atoms with Gasteiger partial charge in [0.2, 0.25) is 0 Å². The molecule has 0 bridgehead atoms. The summed E-state index contributed by atoms with van der Waals surface area (Å²) in [5.41, 5.74) is 2.67. The van der Waals surface area contributed by atoms with Crippen molar-refractivity contribution in [3.63, 3.8) is 0 Å². The molecular formula is C19H25NO. The van der Waals surface area contributed by atoms with Crippen LogP contribution in [0.25, 0.3) is 0 Å². The topological polar surface area (TPSA) is 21.3 Å². The van der Waals surface area contributed by atoms with Crippen LogP contribution in [-0.4, -0.2) is 19.7 Å².